The summed E-state index contributed by atoms with van der Waals surface area (Å²) < 4.78 is 0. The number of nitrogens with zero attached hydrogens (tertiary/aromatic N) is 1. The zero-order valence-electron chi connectivity index (χ0n) is 10.2. The molecule has 0 radical (unpaired) electrons. The summed E-state index contributed by atoms with van der Waals surface area (Å²) in [4.78, 5) is 12.8. The number of rotatable bonds is 0. The molecule has 4 nitrogen and oxygen atoms in total. The fourth-order valence-electron chi connectivity index (χ4n) is 2.69. The zero-order chi connectivity index (χ0) is 11.8. The molecule has 1 amide bonds. The van der Waals surface area contributed by atoms with E-state index in [4.69, 9.17) is 0 Å². The lowest BCUT2D eigenvalue weighted by atomic mass is 9.80. The van der Waals surface area contributed by atoms with E-state index in [0.717, 1.165) is 0 Å². The molecule has 1 fully saturated rings. The zero-order valence-corrected chi connectivity index (χ0v) is 10.2. The first-order valence-electron chi connectivity index (χ1n) is 5.49. The molecule has 1 unspecified atom stereocenters. The molecule has 1 aliphatic heterocycles. The van der Waals surface area contributed by atoms with Crippen LogP contribution in [0.3, 0.4) is 0 Å². The van der Waals surface area contributed by atoms with Gasteiger partial charge in [0.1, 0.15) is 0 Å². The monoisotopic (exact) mass is 214 g/mol. The highest BCUT2D eigenvalue weighted by Crippen LogP contribution is 2.29. The molecule has 88 valence electrons. The first kappa shape index (κ1) is 12.3. The van der Waals surface area contributed by atoms with Crippen molar-refractivity contribution in [2.75, 3.05) is 6.54 Å². The van der Waals surface area contributed by atoms with Gasteiger partial charge >= 0.3 is 6.09 Å². The average molecular weight is 214 g/mol. The van der Waals surface area contributed by atoms with Crippen LogP contribution in [0.15, 0.2) is 0 Å². The van der Waals surface area contributed by atoms with Crippen LogP contribution in [0.1, 0.15) is 34.6 Å². The topological polar surface area (TPSA) is 52.6 Å². The second-order valence-electron chi connectivity index (χ2n) is 5.60. The van der Waals surface area contributed by atoms with Crippen molar-refractivity contribution in [3.63, 3.8) is 0 Å². The Kier molecular flexibility index (Phi) is 3.28. The number of carboxylic acid groups (broad SMARTS) is 1. The molecule has 1 heterocycles. The largest absolute Gasteiger partial charge is 0.465 e. The highest BCUT2D eigenvalue weighted by Gasteiger charge is 2.41. The third-order valence-electron chi connectivity index (χ3n) is 2.96. The molecule has 2 N–H and O–H groups in total. The normalized spacial score (nSPS) is 32.9. The van der Waals surface area contributed by atoms with Crippen LogP contribution in [0.4, 0.5) is 4.79 Å². The Hall–Kier alpha value is -0.770. The predicted molar refractivity (Wildman–Crippen MR) is 60.0 cm³/mol. The molecule has 0 aromatic rings. The molecular formula is C11H22N2O2. The van der Waals surface area contributed by atoms with Crippen molar-refractivity contribution in [1.29, 1.82) is 0 Å². The molecule has 0 spiro atoms. The number of amides is 1. The molecule has 0 aliphatic carbocycles. The molecule has 1 saturated heterocycles. The Labute approximate surface area is 91.6 Å². The van der Waals surface area contributed by atoms with Crippen LogP contribution in [0.25, 0.3) is 0 Å². The average Bonchev–Trinajstić information content (AvgIpc) is 1.99. The third kappa shape index (κ3) is 2.62. The first-order valence-corrected chi connectivity index (χ1v) is 5.49. The maximum absolute atomic E-state index is 11.2. The van der Waals surface area contributed by atoms with Gasteiger partial charge in [-0.05, 0) is 19.3 Å². The van der Waals surface area contributed by atoms with Gasteiger partial charge in [0.05, 0.1) is 6.04 Å². The minimum atomic E-state index is -0.810. The number of hydrogen-bond acceptors (Lipinski definition) is 2. The van der Waals surface area contributed by atoms with Gasteiger partial charge in [0.2, 0.25) is 0 Å². The van der Waals surface area contributed by atoms with Gasteiger partial charge in [-0.1, -0.05) is 20.8 Å². The van der Waals surface area contributed by atoms with Crippen LogP contribution in [0, 0.1) is 5.41 Å². The predicted octanol–water partition coefficient (Wildman–Crippen LogP) is 1.76. The summed E-state index contributed by atoms with van der Waals surface area (Å²) in [6.45, 7) is 10.9. The Balaban J connectivity index is 2.93. The van der Waals surface area contributed by atoms with E-state index in [-0.39, 0.29) is 23.5 Å². The standard InChI is InChI=1S/C11H22N2O2/c1-7-6-13(10(14)15)9(8(2)12-7)11(3,4)5/h7-9,12H,6H2,1-5H3,(H,14,15)/t7-,8-,9?/m0/s1. The molecule has 0 aromatic carbocycles. The van der Waals surface area contributed by atoms with E-state index >= 15 is 0 Å². The minimum Gasteiger partial charge on any atom is -0.465 e. The SMILES string of the molecule is C[C@@H]1N[C@@H](C)CN(C(=O)O)C1C(C)(C)C. The molecule has 1 rings (SSSR count). The van der Waals surface area contributed by atoms with Gasteiger partial charge in [0, 0.05) is 18.6 Å². The minimum absolute atomic E-state index is 0.0335. The Morgan fingerprint density at radius 2 is 1.93 bits per heavy atom. The number of carbonyl (C=O) groups is 1. The molecule has 1 aliphatic rings. The number of hydrogen-bond donors (Lipinski definition) is 2. The lowest BCUT2D eigenvalue weighted by molar-refractivity contribution is 0.0327. The van der Waals surface area contributed by atoms with E-state index in [1.807, 2.05) is 6.92 Å². The van der Waals surface area contributed by atoms with E-state index in [9.17, 15) is 9.90 Å². The van der Waals surface area contributed by atoms with Crippen LogP contribution in [0.5, 0.6) is 0 Å². The van der Waals surface area contributed by atoms with Crippen LogP contribution >= 0.6 is 0 Å². The molecular weight excluding hydrogens is 192 g/mol. The number of piperazine rings is 1. The second kappa shape index (κ2) is 4.00. The van der Waals surface area contributed by atoms with Crippen molar-refractivity contribution in [2.45, 2.75) is 52.7 Å². The van der Waals surface area contributed by atoms with Crippen LogP contribution in [0.2, 0.25) is 0 Å². The van der Waals surface area contributed by atoms with Gasteiger partial charge in [-0.15, -0.1) is 0 Å². The maximum atomic E-state index is 11.2. The van der Waals surface area contributed by atoms with Crippen molar-refractivity contribution in [2.24, 2.45) is 5.41 Å². The summed E-state index contributed by atoms with van der Waals surface area (Å²) in [6.07, 6.45) is -0.810. The van der Waals surface area contributed by atoms with E-state index < -0.39 is 6.09 Å². The van der Waals surface area contributed by atoms with E-state index in [0.29, 0.717) is 6.54 Å². The Morgan fingerprint density at radius 3 is 2.33 bits per heavy atom. The van der Waals surface area contributed by atoms with Crippen LogP contribution in [-0.2, 0) is 0 Å². The summed E-state index contributed by atoms with van der Waals surface area (Å²) in [5, 5.41) is 12.6. The smallest absolute Gasteiger partial charge is 0.407 e. The highest BCUT2D eigenvalue weighted by molar-refractivity contribution is 5.66. The molecule has 0 aromatic heterocycles. The van der Waals surface area contributed by atoms with Gasteiger partial charge in [-0.25, -0.2) is 4.79 Å². The van der Waals surface area contributed by atoms with Crippen molar-refractivity contribution in [3.05, 3.63) is 0 Å². The van der Waals surface area contributed by atoms with Gasteiger partial charge in [0.15, 0.2) is 0 Å². The molecule has 0 bridgehead atoms. The van der Waals surface area contributed by atoms with Crippen molar-refractivity contribution < 1.29 is 9.90 Å². The van der Waals surface area contributed by atoms with E-state index in [1.54, 1.807) is 4.90 Å². The number of nitrogens with one attached hydrogen (secondary N) is 1. The van der Waals surface area contributed by atoms with Crippen molar-refractivity contribution >= 4 is 6.09 Å². The van der Waals surface area contributed by atoms with Crippen LogP contribution < -0.4 is 5.32 Å². The Bertz CT molecular complexity index is 247. The van der Waals surface area contributed by atoms with E-state index in [2.05, 4.69) is 33.0 Å². The summed E-state index contributed by atoms with van der Waals surface area (Å²) in [6, 6.07) is 0.464. The lowest BCUT2D eigenvalue weighted by Gasteiger charge is -2.48. The summed E-state index contributed by atoms with van der Waals surface area (Å²) in [5.74, 6) is 0. The summed E-state index contributed by atoms with van der Waals surface area (Å²) in [7, 11) is 0. The first-order chi connectivity index (χ1) is 6.73. The fraction of sp³-hybridized carbons (Fsp3) is 0.909. The molecule has 0 saturated carbocycles. The van der Waals surface area contributed by atoms with Crippen LogP contribution in [-0.4, -0.2) is 40.8 Å². The van der Waals surface area contributed by atoms with Crippen molar-refractivity contribution in [3.8, 4) is 0 Å². The molecule has 3 atom stereocenters. The highest BCUT2D eigenvalue weighted by atomic mass is 16.4. The van der Waals surface area contributed by atoms with Gasteiger partial charge in [0.25, 0.3) is 0 Å². The lowest BCUT2D eigenvalue weighted by Crippen LogP contribution is -2.65. The van der Waals surface area contributed by atoms with Gasteiger partial charge < -0.3 is 15.3 Å². The van der Waals surface area contributed by atoms with Gasteiger partial charge in [-0.2, -0.15) is 0 Å². The van der Waals surface area contributed by atoms with Gasteiger partial charge in [-0.3, -0.25) is 0 Å². The quantitative estimate of drug-likeness (QED) is 0.646. The fourth-order valence-corrected chi connectivity index (χ4v) is 2.69. The molecule has 4 heteroatoms. The van der Waals surface area contributed by atoms with Crippen molar-refractivity contribution in [1.82, 2.24) is 10.2 Å². The molecule has 15 heavy (non-hydrogen) atoms. The summed E-state index contributed by atoms with van der Waals surface area (Å²) in [5.41, 5.74) is -0.0368. The van der Waals surface area contributed by atoms with E-state index in [1.165, 1.54) is 0 Å². The third-order valence-corrected chi connectivity index (χ3v) is 2.96. The maximum Gasteiger partial charge on any atom is 0.407 e. The summed E-state index contributed by atoms with van der Waals surface area (Å²) >= 11 is 0. The second-order valence-corrected chi connectivity index (χ2v) is 5.60. The Morgan fingerprint density at radius 1 is 1.40 bits per heavy atom.